The molecule has 1 atom stereocenters. The van der Waals surface area contributed by atoms with Gasteiger partial charge in [-0.2, -0.15) is 5.10 Å². The highest BCUT2D eigenvalue weighted by Gasteiger charge is 2.38. The Kier molecular flexibility index (Phi) is 6.58. The van der Waals surface area contributed by atoms with Crippen molar-refractivity contribution in [2.75, 3.05) is 14.1 Å². The van der Waals surface area contributed by atoms with Crippen molar-refractivity contribution in [1.29, 1.82) is 0 Å². The van der Waals surface area contributed by atoms with Crippen molar-refractivity contribution in [1.82, 2.24) is 25.1 Å². The molecule has 1 aromatic rings. The fraction of sp³-hybridized carbons (Fsp3) is 0.857. The van der Waals surface area contributed by atoms with E-state index in [1.54, 1.807) is 6.33 Å². The molecule has 0 saturated carbocycles. The van der Waals surface area contributed by atoms with Crippen LogP contribution in [-0.4, -0.2) is 45.3 Å². The molecule has 3 N–H and O–H groups in total. The van der Waals surface area contributed by atoms with Crippen LogP contribution in [0.5, 0.6) is 0 Å². The van der Waals surface area contributed by atoms with Gasteiger partial charge in [-0.25, -0.2) is 4.98 Å². The van der Waals surface area contributed by atoms with E-state index >= 15 is 0 Å². The Balaban J connectivity index is 2.97. The van der Waals surface area contributed by atoms with E-state index in [0.717, 1.165) is 38.1 Å². The molecule has 0 aromatic carbocycles. The van der Waals surface area contributed by atoms with Gasteiger partial charge in [0.05, 0.1) is 0 Å². The molecule has 0 spiro atoms. The summed E-state index contributed by atoms with van der Waals surface area (Å²) in [7, 11) is 4.24. The molecule has 0 fully saturated rings. The van der Waals surface area contributed by atoms with Crippen LogP contribution in [0.15, 0.2) is 6.33 Å². The van der Waals surface area contributed by atoms with E-state index in [1.165, 1.54) is 0 Å². The minimum Gasteiger partial charge on any atom is -0.302 e. The number of nitrogens with two attached hydrogens (primary N) is 1. The number of hydrogen-bond donors (Lipinski definition) is 2. The molecule has 1 aromatic heterocycles. The molecule has 116 valence electrons. The molecule has 1 rings (SSSR count). The lowest BCUT2D eigenvalue weighted by Gasteiger charge is -2.44. The third-order valence-electron chi connectivity index (χ3n) is 4.48. The first kappa shape index (κ1) is 17.1. The van der Waals surface area contributed by atoms with Crippen molar-refractivity contribution in [2.24, 2.45) is 5.84 Å². The van der Waals surface area contributed by atoms with E-state index in [2.05, 4.69) is 55.3 Å². The lowest BCUT2D eigenvalue weighted by atomic mass is 9.81. The van der Waals surface area contributed by atoms with E-state index in [0.29, 0.717) is 0 Å². The molecule has 0 saturated heterocycles. The van der Waals surface area contributed by atoms with Gasteiger partial charge in [0.25, 0.3) is 0 Å². The number of nitrogens with zero attached hydrogens (tertiary/aromatic N) is 4. The quantitative estimate of drug-likeness (QED) is 0.526. The molecule has 0 amide bonds. The van der Waals surface area contributed by atoms with Gasteiger partial charge in [0, 0.05) is 24.5 Å². The summed E-state index contributed by atoms with van der Waals surface area (Å²) in [6, 6.07) is 0.146. The molecule has 0 radical (unpaired) electrons. The van der Waals surface area contributed by atoms with Gasteiger partial charge < -0.3 is 4.90 Å². The molecular formula is C14H30N6. The van der Waals surface area contributed by atoms with Crippen LogP contribution >= 0.6 is 0 Å². The maximum atomic E-state index is 5.85. The number of rotatable bonds is 9. The molecule has 0 aliphatic carbocycles. The first-order chi connectivity index (χ1) is 9.55. The molecule has 1 heterocycles. The molecule has 0 aliphatic heterocycles. The van der Waals surface area contributed by atoms with Gasteiger partial charge >= 0.3 is 0 Å². The maximum absolute atomic E-state index is 5.85. The standard InChI is InChI=1S/C14H30N6/c1-6-9-20-13(16-11-17-20)10-12(18-15)14(7-2,8-3)19(4)5/h11-12,18H,6-10,15H2,1-5H3. The van der Waals surface area contributed by atoms with Crippen LogP contribution in [-0.2, 0) is 13.0 Å². The zero-order valence-electron chi connectivity index (χ0n) is 13.6. The summed E-state index contributed by atoms with van der Waals surface area (Å²) in [5, 5.41) is 4.30. The number of hydrazine groups is 1. The fourth-order valence-electron chi connectivity index (χ4n) is 3.12. The number of aryl methyl sites for hydroxylation is 1. The Morgan fingerprint density at radius 2 is 2.00 bits per heavy atom. The summed E-state index contributed by atoms with van der Waals surface area (Å²) in [6.45, 7) is 7.47. The molecule has 6 nitrogen and oxygen atoms in total. The normalized spacial score (nSPS) is 13.9. The average molecular weight is 282 g/mol. The van der Waals surface area contributed by atoms with E-state index in [4.69, 9.17) is 5.84 Å². The number of nitrogens with one attached hydrogen (secondary N) is 1. The van der Waals surface area contributed by atoms with Crippen molar-refractivity contribution in [2.45, 2.75) is 64.6 Å². The van der Waals surface area contributed by atoms with E-state index in [-0.39, 0.29) is 11.6 Å². The van der Waals surface area contributed by atoms with Gasteiger partial charge in [-0.05, 0) is 33.4 Å². The molecule has 0 bridgehead atoms. The highest BCUT2D eigenvalue weighted by atomic mass is 15.3. The Morgan fingerprint density at radius 3 is 2.45 bits per heavy atom. The van der Waals surface area contributed by atoms with Crippen LogP contribution < -0.4 is 11.3 Å². The summed E-state index contributed by atoms with van der Waals surface area (Å²) >= 11 is 0. The topological polar surface area (TPSA) is 72.0 Å². The molecule has 20 heavy (non-hydrogen) atoms. The van der Waals surface area contributed by atoms with Crippen LogP contribution in [0, 0.1) is 0 Å². The van der Waals surface area contributed by atoms with Crippen LogP contribution in [0.3, 0.4) is 0 Å². The first-order valence-corrected chi connectivity index (χ1v) is 7.55. The van der Waals surface area contributed by atoms with E-state index in [1.807, 2.05) is 4.68 Å². The van der Waals surface area contributed by atoms with E-state index in [9.17, 15) is 0 Å². The second-order valence-electron chi connectivity index (χ2n) is 5.53. The Bertz CT molecular complexity index is 383. The predicted molar refractivity (Wildman–Crippen MR) is 82.1 cm³/mol. The smallest absolute Gasteiger partial charge is 0.138 e. The first-order valence-electron chi connectivity index (χ1n) is 7.55. The van der Waals surface area contributed by atoms with Crippen molar-refractivity contribution in [3.8, 4) is 0 Å². The Hall–Kier alpha value is -0.980. The van der Waals surface area contributed by atoms with Gasteiger partial charge in [0.2, 0.25) is 0 Å². The zero-order valence-corrected chi connectivity index (χ0v) is 13.6. The SMILES string of the molecule is CCCn1ncnc1CC(NN)C(CC)(CC)N(C)C. The second-order valence-corrected chi connectivity index (χ2v) is 5.53. The number of hydrogen-bond acceptors (Lipinski definition) is 5. The molecule has 6 heteroatoms. The van der Waals surface area contributed by atoms with Crippen molar-refractivity contribution in [3.63, 3.8) is 0 Å². The largest absolute Gasteiger partial charge is 0.302 e. The van der Waals surface area contributed by atoms with Crippen molar-refractivity contribution < 1.29 is 0 Å². The van der Waals surface area contributed by atoms with Crippen LogP contribution in [0.25, 0.3) is 0 Å². The molecule has 0 aliphatic rings. The van der Waals surface area contributed by atoms with Crippen molar-refractivity contribution in [3.05, 3.63) is 12.2 Å². The second kappa shape index (κ2) is 7.71. The summed E-state index contributed by atoms with van der Waals surface area (Å²) < 4.78 is 1.98. The minimum absolute atomic E-state index is 0.0255. The van der Waals surface area contributed by atoms with Crippen molar-refractivity contribution >= 4 is 0 Å². The summed E-state index contributed by atoms with van der Waals surface area (Å²) in [5.41, 5.74) is 3.04. The van der Waals surface area contributed by atoms with Gasteiger partial charge in [0.15, 0.2) is 0 Å². The Morgan fingerprint density at radius 1 is 1.35 bits per heavy atom. The Labute approximate surface area is 122 Å². The molecule has 1 unspecified atom stereocenters. The average Bonchev–Trinajstić information content (AvgIpc) is 2.86. The highest BCUT2D eigenvalue weighted by molar-refractivity contribution is 5.02. The maximum Gasteiger partial charge on any atom is 0.138 e. The van der Waals surface area contributed by atoms with Gasteiger partial charge in [-0.1, -0.05) is 20.8 Å². The molecular weight excluding hydrogens is 252 g/mol. The third kappa shape index (κ3) is 3.37. The summed E-state index contributed by atoms with van der Waals surface area (Å²) in [4.78, 5) is 6.68. The number of likely N-dealkylation sites (N-methyl/N-ethyl adjacent to an activating group) is 1. The van der Waals surface area contributed by atoms with Gasteiger partial charge in [-0.3, -0.25) is 16.0 Å². The lowest BCUT2D eigenvalue weighted by Crippen LogP contribution is -2.61. The monoisotopic (exact) mass is 282 g/mol. The van der Waals surface area contributed by atoms with E-state index < -0.39 is 0 Å². The van der Waals surface area contributed by atoms with Crippen LogP contribution in [0.2, 0.25) is 0 Å². The highest BCUT2D eigenvalue weighted by Crippen LogP contribution is 2.27. The summed E-state index contributed by atoms with van der Waals surface area (Å²) in [5.74, 6) is 6.86. The zero-order chi connectivity index (χ0) is 15.2. The third-order valence-corrected chi connectivity index (χ3v) is 4.48. The predicted octanol–water partition coefficient (Wildman–Crippen LogP) is 1.18. The summed E-state index contributed by atoms with van der Waals surface area (Å²) in [6.07, 6.45) is 5.54. The lowest BCUT2D eigenvalue weighted by molar-refractivity contribution is 0.0867. The minimum atomic E-state index is 0.0255. The van der Waals surface area contributed by atoms with Crippen LogP contribution in [0.1, 0.15) is 45.9 Å². The fourth-order valence-corrected chi connectivity index (χ4v) is 3.12. The number of aromatic nitrogens is 3. The van der Waals surface area contributed by atoms with Crippen LogP contribution in [0.4, 0.5) is 0 Å². The van der Waals surface area contributed by atoms with Gasteiger partial charge in [0.1, 0.15) is 12.2 Å². The van der Waals surface area contributed by atoms with Gasteiger partial charge in [-0.15, -0.1) is 0 Å².